The molecule has 2 fully saturated rings. The summed E-state index contributed by atoms with van der Waals surface area (Å²) in [4.78, 5) is 0. The Labute approximate surface area is 114 Å². The molecule has 1 heteroatoms. The Hall–Kier alpha value is -0.0400. The molecule has 2 saturated carbocycles. The van der Waals surface area contributed by atoms with Crippen LogP contribution in [0, 0.1) is 17.8 Å². The van der Waals surface area contributed by atoms with Crippen molar-refractivity contribution in [1.82, 2.24) is 0 Å². The van der Waals surface area contributed by atoms with E-state index in [0.717, 1.165) is 17.8 Å². The molecule has 0 heterocycles. The van der Waals surface area contributed by atoms with E-state index >= 15 is 0 Å². The highest BCUT2D eigenvalue weighted by molar-refractivity contribution is 4.82. The first kappa shape index (κ1) is 14.4. The quantitative estimate of drug-likeness (QED) is 0.707. The van der Waals surface area contributed by atoms with Crippen LogP contribution in [0.25, 0.3) is 0 Å². The van der Waals surface area contributed by atoms with Crippen molar-refractivity contribution in [2.24, 2.45) is 23.5 Å². The SMILES string of the molecule is CCC1CCCC(C(N)CC2CCCCCC2)C1. The van der Waals surface area contributed by atoms with E-state index in [0.29, 0.717) is 6.04 Å². The molecular formula is C17H33N. The fourth-order valence-electron chi connectivity index (χ4n) is 4.27. The fraction of sp³-hybridized carbons (Fsp3) is 1.00. The van der Waals surface area contributed by atoms with Crippen molar-refractivity contribution in [2.45, 2.75) is 90.0 Å². The van der Waals surface area contributed by atoms with E-state index in [9.17, 15) is 0 Å². The predicted molar refractivity (Wildman–Crippen MR) is 79.5 cm³/mol. The lowest BCUT2D eigenvalue weighted by atomic mass is 9.74. The van der Waals surface area contributed by atoms with Crippen LogP contribution >= 0.6 is 0 Å². The van der Waals surface area contributed by atoms with Crippen LogP contribution in [0.5, 0.6) is 0 Å². The van der Waals surface area contributed by atoms with Crippen molar-refractivity contribution in [3.63, 3.8) is 0 Å². The summed E-state index contributed by atoms with van der Waals surface area (Å²) in [6, 6.07) is 0.502. The van der Waals surface area contributed by atoms with Gasteiger partial charge in [0.05, 0.1) is 0 Å². The van der Waals surface area contributed by atoms with Gasteiger partial charge in [0.2, 0.25) is 0 Å². The molecule has 0 spiro atoms. The Morgan fingerprint density at radius 3 is 2.22 bits per heavy atom. The van der Waals surface area contributed by atoms with E-state index in [1.54, 1.807) is 0 Å². The summed E-state index contributed by atoms with van der Waals surface area (Å²) in [5, 5.41) is 0. The van der Waals surface area contributed by atoms with Gasteiger partial charge in [-0.3, -0.25) is 0 Å². The van der Waals surface area contributed by atoms with Gasteiger partial charge in [-0.1, -0.05) is 64.7 Å². The lowest BCUT2D eigenvalue weighted by molar-refractivity contribution is 0.207. The highest BCUT2D eigenvalue weighted by atomic mass is 14.7. The summed E-state index contributed by atoms with van der Waals surface area (Å²) in [6.45, 7) is 2.35. The van der Waals surface area contributed by atoms with Crippen molar-refractivity contribution >= 4 is 0 Å². The highest BCUT2D eigenvalue weighted by Crippen LogP contribution is 2.35. The van der Waals surface area contributed by atoms with E-state index in [-0.39, 0.29) is 0 Å². The third-order valence-corrected chi connectivity index (χ3v) is 5.59. The Morgan fingerprint density at radius 1 is 0.889 bits per heavy atom. The lowest BCUT2D eigenvalue weighted by Crippen LogP contribution is -2.35. The van der Waals surface area contributed by atoms with Crippen molar-refractivity contribution in [3.05, 3.63) is 0 Å². The molecule has 2 rings (SSSR count). The molecule has 1 nitrogen and oxygen atoms in total. The van der Waals surface area contributed by atoms with Gasteiger partial charge in [0.25, 0.3) is 0 Å². The first-order valence-electron chi connectivity index (χ1n) is 8.55. The number of hydrogen-bond donors (Lipinski definition) is 1. The second kappa shape index (κ2) is 7.53. The molecule has 0 aliphatic heterocycles. The zero-order chi connectivity index (χ0) is 12.8. The van der Waals surface area contributed by atoms with Gasteiger partial charge in [0.15, 0.2) is 0 Å². The second-order valence-electron chi connectivity index (χ2n) is 6.96. The molecule has 0 aromatic heterocycles. The van der Waals surface area contributed by atoms with Crippen molar-refractivity contribution in [2.75, 3.05) is 0 Å². The van der Waals surface area contributed by atoms with Crippen LogP contribution in [-0.4, -0.2) is 6.04 Å². The third-order valence-electron chi connectivity index (χ3n) is 5.59. The highest BCUT2D eigenvalue weighted by Gasteiger charge is 2.27. The summed E-state index contributed by atoms with van der Waals surface area (Å²) in [6.07, 6.45) is 17.2. The molecule has 0 amide bonds. The van der Waals surface area contributed by atoms with Gasteiger partial charge in [-0.2, -0.15) is 0 Å². The van der Waals surface area contributed by atoms with Crippen molar-refractivity contribution in [1.29, 1.82) is 0 Å². The predicted octanol–water partition coefficient (Wildman–Crippen LogP) is 4.89. The number of hydrogen-bond acceptors (Lipinski definition) is 1. The summed E-state index contributed by atoms with van der Waals surface area (Å²) in [5.41, 5.74) is 6.55. The van der Waals surface area contributed by atoms with Crippen LogP contribution in [0.1, 0.15) is 84.0 Å². The summed E-state index contributed by atoms with van der Waals surface area (Å²) >= 11 is 0. The molecule has 18 heavy (non-hydrogen) atoms. The normalized spacial score (nSPS) is 33.0. The third kappa shape index (κ3) is 4.26. The molecule has 0 saturated heterocycles. The topological polar surface area (TPSA) is 26.0 Å². The second-order valence-corrected chi connectivity index (χ2v) is 6.96. The lowest BCUT2D eigenvalue weighted by Gasteiger charge is -2.34. The maximum absolute atomic E-state index is 6.55. The fourth-order valence-corrected chi connectivity index (χ4v) is 4.27. The van der Waals surface area contributed by atoms with E-state index in [2.05, 4.69) is 6.92 Å². The molecule has 2 N–H and O–H groups in total. The molecule has 3 atom stereocenters. The number of nitrogens with two attached hydrogens (primary N) is 1. The molecular weight excluding hydrogens is 218 g/mol. The molecule has 0 aromatic rings. The molecule has 0 bridgehead atoms. The number of rotatable bonds is 4. The molecule has 3 unspecified atom stereocenters. The zero-order valence-electron chi connectivity index (χ0n) is 12.4. The van der Waals surface area contributed by atoms with Crippen molar-refractivity contribution in [3.8, 4) is 0 Å². The van der Waals surface area contributed by atoms with E-state index in [1.165, 1.54) is 77.0 Å². The smallest absolute Gasteiger partial charge is 0.00699 e. The Bertz CT molecular complexity index is 218. The van der Waals surface area contributed by atoms with E-state index in [1.807, 2.05) is 0 Å². The van der Waals surface area contributed by atoms with Crippen LogP contribution in [0.4, 0.5) is 0 Å². The maximum Gasteiger partial charge on any atom is 0.00699 e. The zero-order valence-corrected chi connectivity index (χ0v) is 12.4. The molecule has 106 valence electrons. The van der Waals surface area contributed by atoms with Gasteiger partial charge in [0, 0.05) is 6.04 Å². The largest absolute Gasteiger partial charge is 0.327 e. The monoisotopic (exact) mass is 251 g/mol. The molecule has 0 radical (unpaired) electrons. The van der Waals surface area contributed by atoms with E-state index in [4.69, 9.17) is 5.73 Å². The summed E-state index contributed by atoms with van der Waals surface area (Å²) < 4.78 is 0. The average Bonchev–Trinajstić information content (AvgIpc) is 2.67. The van der Waals surface area contributed by atoms with Gasteiger partial charge < -0.3 is 5.73 Å². The maximum atomic E-state index is 6.55. The molecule has 0 aromatic carbocycles. The minimum absolute atomic E-state index is 0.502. The molecule has 2 aliphatic rings. The Kier molecular flexibility index (Phi) is 6.01. The van der Waals surface area contributed by atoms with Gasteiger partial charge >= 0.3 is 0 Å². The van der Waals surface area contributed by atoms with Crippen LogP contribution in [0.2, 0.25) is 0 Å². The minimum atomic E-state index is 0.502. The van der Waals surface area contributed by atoms with Crippen LogP contribution in [0.15, 0.2) is 0 Å². The Morgan fingerprint density at radius 2 is 1.56 bits per heavy atom. The first-order chi connectivity index (χ1) is 8.79. The van der Waals surface area contributed by atoms with Gasteiger partial charge in [-0.15, -0.1) is 0 Å². The van der Waals surface area contributed by atoms with Gasteiger partial charge in [0.1, 0.15) is 0 Å². The van der Waals surface area contributed by atoms with Crippen molar-refractivity contribution < 1.29 is 0 Å². The average molecular weight is 251 g/mol. The van der Waals surface area contributed by atoms with Crippen LogP contribution < -0.4 is 5.73 Å². The Balaban J connectivity index is 1.77. The first-order valence-corrected chi connectivity index (χ1v) is 8.55. The summed E-state index contributed by atoms with van der Waals surface area (Å²) in [7, 11) is 0. The van der Waals surface area contributed by atoms with E-state index < -0.39 is 0 Å². The van der Waals surface area contributed by atoms with Gasteiger partial charge in [-0.05, 0) is 37.0 Å². The molecule has 2 aliphatic carbocycles. The summed E-state index contributed by atoms with van der Waals surface area (Å²) in [5.74, 6) is 2.76. The minimum Gasteiger partial charge on any atom is -0.327 e. The van der Waals surface area contributed by atoms with Gasteiger partial charge in [-0.25, -0.2) is 0 Å². The van der Waals surface area contributed by atoms with Crippen LogP contribution in [0.3, 0.4) is 0 Å². The standard InChI is InChI=1S/C17H33N/c1-2-14-10-7-11-16(12-14)17(18)13-15-8-5-3-4-6-9-15/h14-17H,2-13,18H2,1H3. The van der Waals surface area contributed by atoms with Crippen LogP contribution in [-0.2, 0) is 0 Å².